The minimum absolute atomic E-state index is 0.104. The number of phosphoric ester groups is 2. The molecule has 92 heavy (non-hydrogen) atoms. The van der Waals surface area contributed by atoms with Crippen LogP contribution >= 0.6 is 15.6 Å². The Kier molecular flexibility index (Phi) is 62.4. The molecule has 0 saturated carbocycles. The van der Waals surface area contributed by atoms with E-state index in [4.69, 9.17) is 37.0 Å². The van der Waals surface area contributed by atoms with E-state index >= 15 is 0 Å². The van der Waals surface area contributed by atoms with Gasteiger partial charge in [0.1, 0.15) is 19.3 Å². The highest BCUT2D eigenvalue weighted by Gasteiger charge is 2.30. The molecule has 19 heteroatoms. The van der Waals surface area contributed by atoms with Crippen LogP contribution in [-0.4, -0.2) is 96.7 Å². The lowest BCUT2D eigenvalue weighted by molar-refractivity contribution is -0.161. The van der Waals surface area contributed by atoms with Gasteiger partial charge in [0.05, 0.1) is 26.4 Å². The summed E-state index contributed by atoms with van der Waals surface area (Å²) in [4.78, 5) is 72.6. The smallest absolute Gasteiger partial charge is 0.462 e. The van der Waals surface area contributed by atoms with Crippen LogP contribution in [0.2, 0.25) is 0 Å². The third kappa shape index (κ3) is 65.4. The molecule has 0 aromatic carbocycles. The molecule has 0 aliphatic rings. The van der Waals surface area contributed by atoms with Crippen molar-refractivity contribution >= 4 is 39.5 Å². The highest BCUT2D eigenvalue weighted by molar-refractivity contribution is 7.47. The largest absolute Gasteiger partial charge is 0.472 e. The predicted molar refractivity (Wildman–Crippen MR) is 372 cm³/mol. The lowest BCUT2D eigenvalue weighted by Crippen LogP contribution is -2.30. The summed E-state index contributed by atoms with van der Waals surface area (Å²) in [6, 6.07) is 0. The molecule has 0 heterocycles. The second kappa shape index (κ2) is 63.8. The standard InChI is InChI=1S/C73H142O17P2/c1-8-10-11-12-13-14-15-19-23-26-32-40-47-54-70(75)83-60-68(89-72(77)56-49-42-33-27-24-21-18-16-17-20-22-25-30-37-44-51-64(3)4)62-87-91(79,80)85-58-67(74)59-86-92(81,82)88-63-69(61-84-71(76)55-48-41-36-35-38-45-52-65(5)6)90-73(78)57-50-43-34-29-28-31-39-46-53-66(7)9-2/h64-69,74H,8-63H2,1-7H3,(H,79,80)(H,81,82)/t66?,67-,68-,69-/m1/s1. The Labute approximate surface area is 562 Å². The molecule has 0 amide bonds. The summed E-state index contributed by atoms with van der Waals surface area (Å²) >= 11 is 0. The number of aliphatic hydroxyl groups excluding tert-OH is 1. The first-order valence-electron chi connectivity index (χ1n) is 37.9. The molecule has 0 rings (SSSR count). The van der Waals surface area contributed by atoms with Gasteiger partial charge in [-0.2, -0.15) is 0 Å². The second-order valence-corrected chi connectivity index (χ2v) is 30.4. The highest BCUT2D eigenvalue weighted by atomic mass is 31.2. The van der Waals surface area contributed by atoms with E-state index in [1.165, 1.54) is 173 Å². The van der Waals surface area contributed by atoms with E-state index in [9.17, 15) is 43.2 Å². The van der Waals surface area contributed by atoms with Gasteiger partial charge in [-0.1, -0.05) is 318 Å². The summed E-state index contributed by atoms with van der Waals surface area (Å²) < 4.78 is 68.4. The van der Waals surface area contributed by atoms with Crippen molar-refractivity contribution in [2.45, 2.75) is 388 Å². The summed E-state index contributed by atoms with van der Waals surface area (Å²) in [7, 11) is -9.91. The van der Waals surface area contributed by atoms with Crippen LogP contribution in [0.3, 0.4) is 0 Å². The van der Waals surface area contributed by atoms with Crippen molar-refractivity contribution in [3.63, 3.8) is 0 Å². The van der Waals surface area contributed by atoms with Gasteiger partial charge in [-0.15, -0.1) is 0 Å². The van der Waals surface area contributed by atoms with Crippen molar-refractivity contribution < 1.29 is 80.2 Å². The number of hydrogen-bond donors (Lipinski definition) is 3. The Morgan fingerprint density at radius 2 is 0.554 bits per heavy atom. The van der Waals surface area contributed by atoms with E-state index in [1.54, 1.807) is 0 Å². The van der Waals surface area contributed by atoms with Gasteiger partial charge in [0.2, 0.25) is 0 Å². The zero-order chi connectivity index (χ0) is 68.0. The van der Waals surface area contributed by atoms with E-state index < -0.39 is 97.5 Å². The van der Waals surface area contributed by atoms with Gasteiger partial charge in [0, 0.05) is 25.7 Å². The molecule has 17 nitrogen and oxygen atoms in total. The Balaban J connectivity index is 5.23. The van der Waals surface area contributed by atoms with Gasteiger partial charge in [0.15, 0.2) is 12.2 Å². The number of carbonyl (C=O) groups excluding carboxylic acids is 4. The minimum atomic E-state index is -4.95. The number of hydrogen-bond acceptors (Lipinski definition) is 15. The molecule has 0 aliphatic carbocycles. The predicted octanol–water partition coefficient (Wildman–Crippen LogP) is 21.0. The Hall–Kier alpha value is -1.94. The van der Waals surface area contributed by atoms with E-state index in [1.807, 2.05) is 0 Å². The molecule has 0 saturated heterocycles. The molecule has 0 fully saturated rings. The monoisotopic (exact) mass is 1350 g/mol. The van der Waals surface area contributed by atoms with Crippen LogP contribution in [-0.2, 0) is 65.4 Å². The van der Waals surface area contributed by atoms with Gasteiger partial charge < -0.3 is 33.8 Å². The molecule has 3 N–H and O–H groups in total. The fourth-order valence-electron chi connectivity index (χ4n) is 11.0. The average molecular weight is 1350 g/mol. The average Bonchev–Trinajstić information content (AvgIpc) is 3.73. The third-order valence-electron chi connectivity index (χ3n) is 17.2. The van der Waals surface area contributed by atoms with Crippen LogP contribution in [0.15, 0.2) is 0 Å². The van der Waals surface area contributed by atoms with Gasteiger partial charge in [-0.05, 0) is 43.4 Å². The van der Waals surface area contributed by atoms with Crippen molar-refractivity contribution in [3.05, 3.63) is 0 Å². The molecule has 6 atom stereocenters. The van der Waals surface area contributed by atoms with Crippen LogP contribution < -0.4 is 0 Å². The van der Waals surface area contributed by atoms with Gasteiger partial charge >= 0.3 is 39.5 Å². The van der Waals surface area contributed by atoms with E-state index in [2.05, 4.69) is 48.5 Å². The molecular weight excluding hydrogens is 1210 g/mol. The lowest BCUT2D eigenvalue weighted by atomic mass is 9.99. The minimum Gasteiger partial charge on any atom is -0.462 e. The van der Waals surface area contributed by atoms with Crippen molar-refractivity contribution in [3.8, 4) is 0 Å². The molecule has 3 unspecified atom stereocenters. The van der Waals surface area contributed by atoms with Crippen molar-refractivity contribution in [1.29, 1.82) is 0 Å². The Bertz CT molecular complexity index is 1800. The van der Waals surface area contributed by atoms with Crippen molar-refractivity contribution in [2.24, 2.45) is 17.8 Å². The third-order valence-corrected chi connectivity index (χ3v) is 19.1. The SMILES string of the molecule is CCCCCCCCCCCCCCCC(=O)OC[C@H](COP(=O)(O)OC[C@@H](O)COP(=O)(O)OC[C@@H](COC(=O)CCCCCCCCC(C)C)OC(=O)CCCCCCCCCCC(C)CC)OC(=O)CCCCCCCCCCCCCCCCCC(C)C. The fourth-order valence-corrected chi connectivity index (χ4v) is 12.6. The summed E-state index contributed by atoms with van der Waals surface area (Å²) in [6.45, 7) is 11.8. The maximum atomic E-state index is 13.1. The summed E-state index contributed by atoms with van der Waals surface area (Å²) in [5, 5.41) is 10.6. The highest BCUT2D eigenvalue weighted by Crippen LogP contribution is 2.45. The first kappa shape index (κ1) is 90.1. The van der Waals surface area contributed by atoms with Crippen LogP contribution in [0.5, 0.6) is 0 Å². The lowest BCUT2D eigenvalue weighted by Gasteiger charge is -2.21. The molecular formula is C73H142O17P2. The van der Waals surface area contributed by atoms with Gasteiger partial charge in [-0.25, -0.2) is 9.13 Å². The summed E-state index contributed by atoms with van der Waals surface area (Å²) in [5.41, 5.74) is 0. The first-order chi connectivity index (χ1) is 44.3. The maximum Gasteiger partial charge on any atom is 0.472 e. The number of unbranched alkanes of at least 4 members (excludes halogenated alkanes) is 38. The molecule has 0 aromatic rings. The van der Waals surface area contributed by atoms with E-state index in [0.29, 0.717) is 31.6 Å². The Morgan fingerprint density at radius 3 is 0.826 bits per heavy atom. The van der Waals surface area contributed by atoms with Crippen molar-refractivity contribution in [2.75, 3.05) is 39.6 Å². The number of aliphatic hydroxyl groups is 1. The molecule has 546 valence electrons. The second-order valence-electron chi connectivity index (χ2n) is 27.5. The zero-order valence-electron chi connectivity index (χ0n) is 60.0. The number of rotatable bonds is 71. The zero-order valence-corrected chi connectivity index (χ0v) is 61.8. The Morgan fingerprint density at radius 1 is 0.315 bits per heavy atom. The molecule has 0 bridgehead atoms. The molecule has 0 radical (unpaired) electrons. The van der Waals surface area contributed by atoms with Crippen LogP contribution in [0, 0.1) is 17.8 Å². The number of ether oxygens (including phenoxy) is 4. The molecule has 0 spiro atoms. The quantitative estimate of drug-likeness (QED) is 0.0222. The van der Waals surface area contributed by atoms with Crippen LogP contribution in [0.25, 0.3) is 0 Å². The van der Waals surface area contributed by atoms with Gasteiger partial charge in [-0.3, -0.25) is 37.3 Å². The van der Waals surface area contributed by atoms with Crippen LogP contribution in [0.1, 0.15) is 370 Å². The molecule has 0 aliphatic heterocycles. The summed E-state index contributed by atoms with van der Waals surface area (Å²) in [5.74, 6) is 0.127. The van der Waals surface area contributed by atoms with Crippen LogP contribution in [0.4, 0.5) is 0 Å². The van der Waals surface area contributed by atoms with E-state index in [-0.39, 0.29) is 25.7 Å². The van der Waals surface area contributed by atoms with Gasteiger partial charge in [0.25, 0.3) is 0 Å². The first-order valence-corrected chi connectivity index (χ1v) is 40.9. The maximum absolute atomic E-state index is 13.1. The number of carbonyl (C=O) groups is 4. The topological polar surface area (TPSA) is 237 Å². The fraction of sp³-hybridized carbons (Fsp3) is 0.945. The summed E-state index contributed by atoms with van der Waals surface area (Å²) in [6.07, 6.45) is 48.6. The number of esters is 4. The van der Waals surface area contributed by atoms with E-state index in [0.717, 1.165) is 108 Å². The number of phosphoric acid groups is 2. The molecule has 0 aromatic heterocycles. The normalized spacial score (nSPS) is 14.4. The van der Waals surface area contributed by atoms with Crippen molar-refractivity contribution in [1.82, 2.24) is 0 Å².